The second-order valence-electron chi connectivity index (χ2n) is 7.74. The van der Waals surface area contributed by atoms with Crippen molar-refractivity contribution in [1.29, 1.82) is 0 Å². The van der Waals surface area contributed by atoms with Gasteiger partial charge in [-0.05, 0) is 61.0 Å². The molecule has 5 rings (SSSR count). The lowest BCUT2D eigenvalue weighted by molar-refractivity contribution is 0.174. The van der Waals surface area contributed by atoms with Gasteiger partial charge in [-0.3, -0.25) is 0 Å². The van der Waals surface area contributed by atoms with E-state index in [1.165, 1.54) is 0 Å². The Morgan fingerprint density at radius 1 is 0.971 bits per heavy atom. The molecule has 3 aromatic carbocycles. The number of aryl methyl sites for hydroxylation is 1. The molecule has 4 aromatic rings. The molecule has 1 aliphatic heterocycles. The highest BCUT2D eigenvalue weighted by molar-refractivity contribution is 7.91. The third-order valence-electron chi connectivity index (χ3n) is 5.41. The minimum atomic E-state index is -3.94. The van der Waals surface area contributed by atoms with E-state index in [2.05, 4.69) is 10.3 Å². The summed E-state index contributed by atoms with van der Waals surface area (Å²) in [5, 5.41) is 2.91. The van der Waals surface area contributed by atoms with Crippen LogP contribution in [-0.2, 0) is 16.4 Å². The first kappa shape index (κ1) is 21.8. The van der Waals surface area contributed by atoms with E-state index in [4.69, 9.17) is 18.6 Å². The number of oxazole rings is 1. The number of nitrogens with zero attached hydrogens (tertiary/aromatic N) is 1. The lowest BCUT2D eigenvalue weighted by Crippen LogP contribution is -2.07. The molecule has 1 aromatic heterocycles. The van der Waals surface area contributed by atoms with E-state index in [0.717, 1.165) is 11.1 Å². The molecule has 8 nitrogen and oxygen atoms in total. The number of ether oxygens (including phenoxy) is 3. The summed E-state index contributed by atoms with van der Waals surface area (Å²) in [5.74, 6) is 2.23. The minimum absolute atomic E-state index is 0.0593. The average Bonchev–Trinajstić information content (AvgIpc) is 3.50. The number of hydrogen-bond acceptors (Lipinski definition) is 8. The van der Waals surface area contributed by atoms with E-state index in [1.54, 1.807) is 55.6 Å². The number of nitrogens with one attached hydrogen (secondary N) is 1. The predicted octanol–water partition coefficient (Wildman–Crippen LogP) is 4.83. The highest BCUT2D eigenvalue weighted by atomic mass is 32.2. The molecule has 0 saturated carbocycles. The van der Waals surface area contributed by atoms with Gasteiger partial charge in [-0.15, -0.1) is 0 Å². The SMILES string of the molecule is COc1ccc(-c2nc(S(=O)(=O)c3ccc(C)cc3)c(NCc3ccc4c(c3)OCO4)o2)cc1. The molecule has 0 radical (unpaired) electrons. The van der Waals surface area contributed by atoms with Gasteiger partial charge in [-0.1, -0.05) is 23.8 Å². The molecule has 0 aliphatic carbocycles. The molecule has 2 heterocycles. The third-order valence-corrected chi connectivity index (χ3v) is 7.09. The van der Waals surface area contributed by atoms with Crippen LogP contribution in [0.2, 0.25) is 0 Å². The summed E-state index contributed by atoms with van der Waals surface area (Å²) in [7, 11) is -2.36. The first-order chi connectivity index (χ1) is 16.4. The molecule has 174 valence electrons. The van der Waals surface area contributed by atoms with E-state index in [1.807, 2.05) is 25.1 Å². The molecule has 1 N–H and O–H groups in total. The van der Waals surface area contributed by atoms with Crippen LogP contribution in [0.5, 0.6) is 17.2 Å². The Hall–Kier alpha value is -3.98. The summed E-state index contributed by atoms with van der Waals surface area (Å²) in [6, 6.07) is 19.2. The van der Waals surface area contributed by atoms with Crippen LogP contribution in [0.1, 0.15) is 11.1 Å². The fourth-order valence-corrected chi connectivity index (χ4v) is 4.80. The van der Waals surface area contributed by atoms with Gasteiger partial charge < -0.3 is 23.9 Å². The molecule has 0 unspecified atom stereocenters. The summed E-state index contributed by atoms with van der Waals surface area (Å²) < 4.78 is 48.8. The fraction of sp³-hybridized carbons (Fsp3) is 0.160. The van der Waals surface area contributed by atoms with Crippen molar-refractivity contribution in [1.82, 2.24) is 4.98 Å². The van der Waals surface area contributed by atoms with Crippen LogP contribution in [0.15, 0.2) is 81.1 Å². The first-order valence-electron chi connectivity index (χ1n) is 10.5. The molecule has 0 fully saturated rings. The van der Waals surface area contributed by atoms with Crippen LogP contribution in [0.3, 0.4) is 0 Å². The molecule has 9 heteroatoms. The standard InChI is InChI=1S/C25H22N2O6S/c1-16-3-10-20(11-4-16)34(28,29)25-24(26-14-17-5-12-21-22(13-17)32-15-31-21)33-23(27-25)18-6-8-19(30-2)9-7-18/h3-13,26H,14-15H2,1-2H3. The molecule has 0 spiro atoms. The van der Waals surface area contributed by atoms with E-state index in [0.29, 0.717) is 29.4 Å². The molecule has 0 atom stereocenters. The molecule has 0 bridgehead atoms. The van der Waals surface area contributed by atoms with Crippen molar-refractivity contribution in [2.75, 3.05) is 19.2 Å². The van der Waals surface area contributed by atoms with Gasteiger partial charge in [0.15, 0.2) is 11.5 Å². The van der Waals surface area contributed by atoms with E-state index >= 15 is 0 Å². The van der Waals surface area contributed by atoms with Crippen molar-refractivity contribution in [3.05, 3.63) is 77.9 Å². The maximum atomic E-state index is 13.5. The molecule has 1 aliphatic rings. The Morgan fingerprint density at radius 2 is 1.71 bits per heavy atom. The second-order valence-corrected chi connectivity index (χ2v) is 9.60. The highest BCUT2D eigenvalue weighted by Crippen LogP contribution is 2.35. The second kappa shape index (κ2) is 8.75. The van der Waals surface area contributed by atoms with Gasteiger partial charge in [0.05, 0.1) is 12.0 Å². The van der Waals surface area contributed by atoms with E-state index < -0.39 is 9.84 Å². The van der Waals surface area contributed by atoms with Crippen molar-refractivity contribution in [3.63, 3.8) is 0 Å². The monoisotopic (exact) mass is 478 g/mol. The molecular weight excluding hydrogens is 456 g/mol. The Morgan fingerprint density at radius 3 is 2.44 bits per heavy atom. The van der Waals surface area contributed by atoms with Gasteiger partial charge >= 0.3 is 0 Å². The fourth-order valence-electron chi connectivity index (χ4n) is 3.52. The maximum absolute atomic E-state index is 13.5. The van der Waals surface area contributed by atoms with Gasteiger partial charge in [-0.25, -0.2) is 8.42 Å². The van der Waals surface area contributed by atoms with Gasteiger partial charge in [0.1, 0.15) is 5.75 Å². The largest absolute Gasteiger partial charge is 0.497 e. The van der Waals surface area contributed by atoms with Crippen molar-refractivity contribution >= 4 is 15.7 Å². The molecule has 0 saturated heterocycles. The number of aromatic nitrogens is 1. The Labute approximate surface area is 197 Å². The highest BCUT2D eigenvalue weighted by Gasteiger charge is 2.28. The van der Waals surface area contributed by atoms with Gasteiger partial charge in [0.25, 0.3) is 0 Å². The zero-order valence-corrected chi connectivity index (χ0v) is 19.4. The molecule has 34 heavy (non-hydrogen) atoms. The number of sulfone groups is 1. The van der Waals surface area contributed by atoms with Gasteiger partial charge in [0.2, 0.25) is 33.4 Å². The average molecular weight is 479 g/mol. The number of rotatable bonds is 7. The number of fused-ring (bicyclic) bond motifs is 1. The predicted molar refractivity (Wildman–Crippen MR) is 125 cm³/mol. The minimum Gasteiger partial charge on any atom is -0.497 e. The topological polar surface area (TPSA) is 99.9 Å². The normalized spacial score (nSPS) is 12.5. The number of benzene rings is 3. The molecule has 0 amide bonds. The van der Waals surface area contributed by atoms with E-state index in [-0.39, 0.29) is 28.5 Å². The lowest BCUT2D eigenvalue weighted by atomic mass is 10.2. The first-order valence-corrected chi connectivity index (χ1v) is 12.0. The number of anilines is 1. The van der Waals surface area contributed by atoms with Gasteiger partial charge in [0, 0.05) is 12.1 Å². The summed E-state index contributed by atoms with van der Waals surface area (Å²) in [5.41, 5.74) is 2.45. The summed E-state index contributed by atoms with van der Waals surface area (Å²) in [4.78, 5) is 4.51. The number of methoxy groups -OCH3 is 1. The van der Waals surface area contributed by atoms with Crippen LogP contribution in [0.25, 0.3) is 11.5 Å². The van der Waals surface area contributed by atoms with E-state index in [9.17, 15) is 8.42 Å². The molecular formula is C25H22N2O6S. The summed E-state index contributed by atoms with van der Waals surface area (Å²) >= 11 is 0. The Balaban J connectivity index is 1.51. The van der Waals surface area contributed by atoms with Crippen LogP contribution < -0.4 is 19.5 Å². The third kappa shape index (κ3) is 4.17. The lowest BCUT2D eigenvalue weighted by Gasteiger charge is -2.07. The smallest absolute Gasteiger partial charge is 0.234 e. The summed E-state index contributed by atoms with van der Waals surface area (Å²) in [6.07, 6.45) is 0. The van der Waals surface area contributed by atoms with Crippen molar-refractivity contribution in [3.8, 4) is 28.7 Å². The maximum Gasteiger partial charge on any atom is 0.234 e. The van der Waals surface area contributed by atoms with Gasteiger partial charge in [-0.2, -0.15) is 4.98 Å². The van der Waals surface area contributed by atoms with Crippen molar-refractivity contribution in [2.24, 2.45) is 0 Å². The zero-order chi connectivity index (χ0) is 23.7. The van der Waals surface area contributed by atoms with Crippen molar-refractivity contribution in [2.45, 2.75) is 23.4 Å². The van der Waals surface area contributed by atoms with Crippen LogP contribution in [-0.4, -0.2) is 27.3 Å². The Kier molecular flexibility index (Phi) is 5.62. The number of hydrogen-bond donors (Lipinski definition) is 1. The van der Waals surface area contributed by atoms with Crippen molar-refractivity contribution < 1.29 is 27.0 Å². The van der Waals surface area contributed by atoms with Crippen LogP contribution in [0.4, 0.5) is 5.88 Å². The zero-order valence-electron chi connectivity index (χ0n) is 18.6. The Bertz CT molecular complexity index is 1430. The van der Waals surface area contributed by atoms with Crippen LogP contribution in [0, 0.1) is 6.92 Å². The summed E-state index contributed by atoms with van der Waals surface area (Å²) in [6.45, 7) is 2.37. The van der Waals surface area contributed by atoms with Crippen LogP contribution >= 0.6 is 0 Å². The quantitative estimate of drug-likeness (QED) is 0.403.